The zero-order valence-electron chi connectivity index (χ0n) is 73.8. The molecule has 7 nitrogen and oxygen atoms in total. The van der Waals surface area contributed by atoms with Crippen LogP contribution in [0.15, 0.2) is 435 Å². The Morgan fingerprint density at radius 3 is 1.07 bits per heavy atom. The Bertz CT molecular complexity index is 8400. The van der Waals surface area contributed by atoms with Crippen molar-refractivity contribution in [3.05, 3.63) is 448 Å². The fourth-order valence-corrected chi connectivity index (χ4v) is 24.2. The Labute approximate surface area is 781 Å². The van der Waals surface area contributed by atoms with Gasteiger partial charge in [-0.05, 0) is 267 Å². The molecule has 0 radical (unpaired) electrons. The lowest BCUT2D eigenvalue weighted by Crippen LogP contribution is -2.69. The summed E-state index contributed by atoms with van der Waals surface area (Å²) in [6.07, 6.45) is 3.87. The molecule has 12 heteroatoms. The van der Waals surface area contributed by atoms with Gasteiger partial charge in [-0.25, -0.2) is 0 Å². The molecule has 10 heterocycles. The molecule has 0 fully saturated rings. The Balaban J connectivity index is 0.603. The largest absolute Gasteiger partial charge is 0.461 e. The number of anilines is 15. The standard InChI is InChI=1S/C122H80B5N5O2/c1-5-77-47-51-79(52-48-77)87-70-102-122-103(71-87)126-98-34-16-18-38-106(98)129(113-73-88(80-53-49-78(6-2)50-54-80)74-114(119(113)126)132(122)112-44-23-41-109-117(112)125(102)97-33-15-17-37-105(97)128(109)91-29-11-8-12-30-91)92-62-59-82(60-63-92)94-68-85(116-66-46-76(4)134-116)61-64-93(94)84-25-21-28-90(67-84)124-96-32-14-20-40-108(96)130-110-42-24-43-111-118(110)127(100-36-22-35-99(124)120(100)130)104-72-86(81-55-57-83(58-56-81)115-65-45-75(3)133-115)69-101-121(104)131(111)107-39-19-13-31-95(107)123(101)89-26-9-7-10-27-89/h5-74H,1-2H2,3-4H3. The van der Waals surface area contributed by atoms with Crippen LogP contribution >= 0.6 is 0 Å². The summed E-state index contributed by atoms with van der Waals surface area (Å²) in [5.74, 6) is 3.46. The lowest BCUT2D eigenvalue weighted by Gasteiger charge is -2.50. The van der Waals surface area contributed by atoms with Gasteiger partial charge in [0.15, 0.2) is 0 Å². The highest BCUT2D eigenvalue weighted by Crippen LogP contribution is 2.53. The first kappa shape index (κ1) is 76.2. The van der Waals surface area contributed by atoms with Gasteiger partial charge in [-0.2, -0.15) is 0 Å². The number of hydrogen-bond acceptors (Lipinski definition) is 7. The molecule has 8 aliphatic heterocycles. The van der Waals surface area contributed by atoms with E-state index in [0.29, 0.717) is 0 Å². The molecule has 0 amide bonds. The van der Waals surface area contributed by atoms with Crippen LogP contribution in [0.3, 0.4) is 0 Å². The van der Waals surface area contributed by atoms with Crippen LogP contribution in [0.2, 0.25) is 0 Å². The number of nitrogens with zero attached hydrogens (tertiary/aromatic N) is 5. The highest BCUT2D eigenvalue weighted by atomic mass is 16.3. The van der Waals surface area contributed by atoms with Crippen LogP contribution in [0, 0.1) is 13.8 Å². The predicted molar refractivity (Wildman–Crippen MR) is 568 cm³/mol. The maximum Gasteiger partial charge on any atom is 0.252 e. The minimum absolute atomic E-state index is 0.0266. The van der Waals surface area contributed by atoms with Gasteiger partial charge >= 0.3 is 0 Å². The maximum absolute atomic E-state index is 6.55. The Morgan fingerprint density at radius 1 is 0.209 bits per heavy atom. The van der Waals surface area contributed by atoms with Crippen molar-refractivity contribution in [3.63, 3.8) is 0 Å². The van der Waals surface area contributed by atoms with Crippen LogP contribution in [-0.4, -0.2) is 33.6 Å². The van der Waals surface area contributed by atoms with Crippen LogP contribution in [0.1, 0.15) is 22.6 Å². The van der Waals surface area contributed by atoms with Gasteiger partial charge in [0, 0.05) is 96.4 Å². The molecular weight excluding hydrogens is 1620 g/mol. The molecule has 18 aromatic carbocycles. The Kier molecular flexibility index (Phi) is 16.7. The lowest BCUT2D eigenvalue weighted by molar-refractivity contribution is 0.548. The number of fused-ring (bicyclic) bond motifs is 16. The fraction of sp³-hybridized carbons (Fsp3) is 0.0164. The second-order valence-electron chi connectivity index (χ2n) is 36.9. The first-order chi connectivity index (χ1) is 66.2. The monoisotopic (exact) mass is 1700 g/mol. The highest BCUT2D eigenvalue weighted by molar-refractivity contribution is 7.06. The van der Waals surface area contributed by atoms with Gasteiger partial charge in [0.2, 0.25) is 13.4 Å². The van der Waals surface area contributed by atoms with Crippen molar-refractivity contribution >= 4 is 213 Å². The Hall–Kier alpha value is -16.7. The third-order valence-corrected chi connectivity index (χ3v) is 29.9. The van der Waals surface area contributed by atoms with Crippen molar-refractivity contribution in [2.24, 2.45) is 0 Å². The molecule has 0 saturated carbocycles. The zero-order chi connectivity index (χ0) is 88.4. The van der Waals surface area contributed by atoms with Gasteiger partial charge in [0.1, 0.15) is 23.0 Å². The third kappa shape index (κ3) is 11.2. The number of hydrogen-bond donors (Lipinski definition) is 0. The van der Waals surface area contributed by atoms with E-state index >= 15 is 0 Å². The van der Waals surface area contributed by atoms with Crippen molar-refractivity contribution in [3.8, 4) is 78.3 Å². The topological polar surface area (TPSA) is 42.5 Å². The van der Waals surface area contributed by atoms with Crippen molar-refractivity contribution in [2.45, 2.75) is 13.8 Å². The average molecular weight is 1700 g/mol. The number of rotatable bonds is 13. The molecule has 0 N–H and O–H groups in total. The van der Waals surface area contributed by atoms with Gasteiger partial charge < -0.3 is 33.3 Å². The average Bonchev–Trinajstić information content (AvgIpc) is 0.770. The number of furan rings is 2. The Morgan fingerprint density at radius 2 is 0.552 bits per heavy atom. The quantitative estimate of drug-likeness (QED) is 0.107. The highest BCUT2D eigenvalue weighted by Gasteiger charge is 2.54. The molecule has 134 heavy (non-hydrogen) atoms. The van der Waals surface area contributed by atoms with E-state index < -0.39 is 0 Å². The van der Waals surface area contributed by atoms with Crippen LogP contribution in [0.5, 0.6) is 0 Å². The van der Waals surface area contributed by atoms with E-state index in [1.807, 2.05) is 32.1 Å². The molecular formula is C122H80B5N5O2. The van der Waals surface area contributed by atoms with E-state index in [9.17, 15) is 0 Å². The minimum atomic E-state index is -0.159. The van der Waals surface area contributed by atoms with E-state index in [0.717, 1.165) is 118 Å². The number of benzene rings is 18. The molecule has 0 aliphatic carbocycles. The van der Waals surface area contributed by atoms with E-state index in [1.165, 1.54) is 150 Å². The third-order valence-electron chi connectivity index (χ3n) is 29.9. The second-order valence-corrected chi connectivity index (χ2v) is 36.9. The summed E-state index contributed by atoms with van der Waals surface area (Å²) in [6.45, 7) is 11.9. The summed E-state index contributed by atoms with van der Waals surface area (Å²) >= 11 is 0. The number of aryl methyl sites for hydroxylation is 2. The molecule has 8 aliphatic rings. The predicted octanol–water partition coefficient (Wildman–Crippen LogP) is 20.9. The molecule has 0 atom stereocenters. The van der Waals surface area contributed by atoms with Crippen molar-refractivity contribution < 1.29 is 8.83 Å². The van der Waals surface area contributed by atoms with Crippen molar-refractivity contribution in [1.29, 1.82) is 0 Å². The first-order valence-electron chi connectivity index (χ1n) is 46.6. The second kappa shape index (κ2) is 29.4. The molecule has 20 aromatic rings. The molecule has 0 spiro atoms. The maximum atomic E-state index is 6.55. The molecule has 620 valence electrons. The lowest BCUT2D eigenvalue weighted by atomic mass is 9.28. The first-order valence-corrected chi connectivity index (χ1v) is 46.6. The summed E-state index contributed by atoms with van der Waals surface area (Å²) in [4.78, 5) is 13.0. The fourth-order valence-electron chi connectivity index (χ4n) is 24.2. The normalized spacial score (nSPS) is 13.5. The van der Waals surface area contributed by atoms with Crippen LogP contribution < -0.4 is 106 Å². The smallest absolute Gasteiger partial charge is 0.252 e. The van der Waals surface area contributed by atoms with Gasteiger partial charge in [0.25, 0.3) is 20.1 Å². The summed E-state index contributed by atoms with van der Waals surface area (Å²) in [5.41, 5.74) is 52.5. The summed E-state index contributed by atoms with van der Waals surface area (Å²) in [7, 11) is 0. The van der Waals surface area contributed by atoms with Gasteiger partial charge in [0.05, 0.1) is 0 Å². The minimum Gasteiger partial charge on any atom is -0.461 e. The molecule has 0 unspecified atom stereocenters. The van der Waals surface area contributed by atoms with Gasteiger partial charge in [-0.1, -0.05) is 333 Å². The van der Waals surface area contributed by atoms with E-state index in [1.54, 1.807) is 0 Å². The molecule has 2 aromatic heterocycles. The summed E-state index contributed by atoms with van der Waals surface area (Å²) < 4.78 is 12.8. The van der Waals surface area contributed by atoms with Crippen LogP contribution in [0.4, 0.5) is 85.3 Å². The van der Waals surface area contributed by atoms with Gasteiger partial charge in [-0.3, -0.25) is 0 Å². The van der Waals surface area contributed by atoms with Crippen molar-refractivity contribution in [1.82, 2.24) is 0 Å². The number of para-hydroxylation sites is 6. The summed E-state index contributed by atoms with van der Waals surface area (Å²) in [5, 5.41) is 0. The van der Waals surface area contributed by atoms with E-state index in [2.05, 4.69) is 444 Å². The van der Waals surface area contributed by atoms with Gasteiger partial charge in [-0.15, -0.1) is 0 Å². The zero-order valence-corrected chi connectivity index (χ0v) is 73.8. The van der Waals surface area contributed by atoms with E-state index in [4.69, 9.17) is 8.83 Å². The molecule has 28 rings (SSSR count). The van der Waals surface area contributed by atoms with Crippen LogP contribution in [-0.2, 0) is 0 Å². The van der Waals surface area contributed by atoms with E-state index in [-0.39, 0.29) is 33.6 Å². The molecule has 0 saturated heterocycles. The SMILES string of the molecule is C=Cc1ccc(-c2cc3c4c(c2)B2c5ccccc5N(c5ccc(-c6cc(-c7ccc(C)o7)ccc6-c6cccc(B7c8ccccc8N8c9cccc%10c9B(c9cccc7c98)c7cc(-c8ccc(-c9ccc(C)o9)cc8)cc8c7N%10c7ccccc7B8c7ccccc7)c6)cc5)c5cc(-c6ccc(C=C)cc6)cc(c52)N4c2cccc4c2B3c2ccccc2N4c2ccccc2)cc1. The van der Waals surface area contributed by atoms with Crippen molar-refractivity contribution in [2.75, 3.05) is 24.5 Å². The molecule has 0 bridgehead atoms. The van der Waals surface area contributed by atoms with Crippen LogP contribution in [0.25, 0.3) is 90.4 Å². The summed E-state index contributed by atoms with van der Waals surface area (Å²) in [6, 6.07) is 156.